The number of carbonyl (C=O) groups excluding carboxylic acids is 1. The van der Waals surface area contributed by atoms with E-state index < -0.39 is 0 Å². The molecule has 0 saturated carbocycles. The van der Waals surface area contributed by atoms with E-state index in [1.165, 1.54) is 11.0 Å². The first-order valence-corrected chi connectivity index (χ1v) is 6.56. The predicted molar refractivity (Wildman–Crippen MR) is 75.5 cm³/mol. The molecule has 1 amide bonds. The van der Waals surface area contributed by atoms with Gasteiger partial charge in [0.15, 0.2) is 0 Å². The van der Waals surface area contributed by atoms with Crippen molar-refractivity contribution in [3.63, 3.8) is 0 Å². The van der Waals surface area contributed by atoms with Gasteiger partial charge in [-0.3, -0.25) is 4.79 Å². The first kappa shape index (κ1) is 14.1. The van der Waals surface area contributed by atoms with Gasteiger partial charge in [-0.05, 0) is 35.9 Å². The van der Waals surface area contributed by atoms with Crippen molar-refractivity contribution in [3.05, 3.63) is 30.6 Å². The molecule has 20 heavy (non-hydrogen) atoms. The summed E-state index contributed by atoms with van der Waals surface area (Å²) in [5.41, 5.74) is 1.41. The van der Waals surface area contributed by atoms with Crippen LogP contribution in [0.1, 0.15) is 20.3 Å². The van der Waals surface area contributed by atoms with Crippen molar-refractivity contribution in [2.24, 2.45) is 0 Å². The molecule has 2 aromatic rings. The number of hydrogen-bond acceptors (Lipinski definition) is 5. The van der Waals surface area contributed by atoms with E-state index in [1.807, 2.05) is 31.2 Å². The zero-order chi connectivity index (χ0) is 14.4. The number of amides is 1. The summed E-state index contributed by atoms with van der Waals surface area (Å²) in [6.07, 6.45) is 2.47. The Balaban J connectivity index is 2.04. The van der Waals surface area contributed by atoms with Gasteiger partial charge in [0.1, 0.15) is 6.33 Å². The molecular weight excluding hydrogens is 256 g/mol. The highest BCUT2D eigenvalue weighted by Gasteiger charge is 2.09. The summed E-state index contributed by atoms with van der Waals surface area (Å²) in [4.78, 5) is 11.9. The molecule has 1 heterocycles. The minimum atomic E-state index is -0.0918. The first-order chi connectivity index (χ1) is 9.70. The summed E-state index contributed by atoms with van der Waals surface area (Å²) in [5, 5.41) is 17.0. The normalized spacial score (nSPS) is 12.1. The number of carbonyl (C=O) groups is 1. The number of nitrogens with one attached hydrogen (secondary N) is 2. The average Bonchev–Trinajstić information content (AvgIpc) is 2.99. The molecule has 0 aliphatic carbocycles. The summed E-state index contributed by atoms with van der Waals surface area (Å²) in [5.74, 6) is -0.0918. The van der Waals surface area contributed by atoms with Crippen molar-refractivity contribution in [2.45, 2.75) is 26.3 Å². The number of hydrogen-bond donors (Lipinski definition) is 2. The van der Waals surface area contributed by atoms with Crippen LogP contribution in [0.15, 0.2) is 30.6 Å². The highest BCUT2D eigenvalue weighted by Crippen LogP contribution is 2.17. The monoisotopic (exact) mass is 274 g/mol. The maximum Gasteiger partial charge on any atom is 0.238 e. The molecule has 2 rings (SSSR count). The van der Waals surface area contributed by atoms with E-state index in [9.17, 15) is 4.79 Å². The van der Waals surface area contributed by atoms with Gasteiger partial charge in [-0.25, -0.2) is 0 Å². The third kappa shape index (κ3) is 3.61. The molecule has 0 aliphatic rings. The van der Waals surface area contributed by atoms with Crippen LogP contribution in [0.5, 0.6) is 0 Å². The van der Waals surface area contributed by atoms with Crippen LogP contribution < -0.4 is 10.6 Å². The van der Waals surface area contributed by atoms with Gasteiger partial charge in [0.05, 0.1) is 17.9 Å². The Morgan fingerprint density at radius 3 is 2.90 bits per heavy atom. The van der Waals surface area contributed by atoms with Gasteiger partial charge >= 0.3 is 0 Å². The average molecular weight is 274 g/mol. The predicted octanol–water partition coefficient (Wildman–Crippen LogP) is 0.989. The minimum Gasteiger partial charge on any atom is -0.323 e. The molecule has 0 spiro atoms. The van der Waals surface area contributed by atoms with Crippen LogP contribution in [0.4, 0.5) is 5.69 Å². The number of benzene rings is 1. The number of aromatic nitrogens is 4. The zero-order valence-corrected chi connectivity index (χ0v) is 11.6. The van der Waals surface area contributed by atoms with Gasteiger partial charge in [0.25, 0.3) is 0 Å². The molecule has 2 N–H and O–H groups in total. The lowest BCUT2D eigenvalue weighted by atomic mass is 10.2. The lowest BCUT2D eigenvalue weighted by Crippen LogP contribution is -2.34. The van der Waals surface area contributed by atoms with Crippen molar-refractivity contribution >= 4 is 11.6 Å². The SMILES string of the molecule is CCC(C)NCC(=O)Nc1ccccc1-n1cnnn1. The summed E-state index contributed by atoms with van der Waals surface area (Å²) in [6, 6.07) is 7.69. The molecule has 1 aromatic carbocycles. The fourth-order valence-electron chi connectivity index (χ4n) is 1.66. The van der Waals surface area contributed by atoms with Crippen molar-refractivity contribution in [2.75, 3.05) is 11.9 Å². The van der Waals surface area contributed by atoms with E-state index >= 15 is 0 Å². The van der Waals surface area contributed by atoms with Crippen molar-refractivity contribution in [3.8, 4) is 5.69 Å². The second-order valence-corrected chi connectivity index (χ2v) is 4.51. The number of nitrogens with zero attached hydrogens (tertiary/aromatic N) is 4. The first-order valence-electron chi connectivity index (χ1n) is 6.56. The standard InChI is InChI=1S/C13H18N6O/c1-3-10(2)14-8-13(20)16-11-6-4-5-7-12(11)19-9-15-17-18-19/h4-7,9-10,14H,3,8H2,1-2H3,(H,16,20). The molecule has 1 aromatic heterocycles. The fraction of sp³-hybridized carbons (Fsp3) is 0.385. The van der Waals surface area contributed by atoms with Gasteiger partial charge in [0, 0.05) is 6.04 Å². The van der Waals surface area contributed by atoms with E-state index in [0.29, 0.717) is 11.7 Å². The second-order valence-electron chi connectivity index (χ2n) is 4.51. The van der Waals surface area contributed by atoms with Crippen molar-refractivity contribution < 1.29 is 4.79 Å². The summed E-state index contributed by atoms with van der Waals surface area (Å²) in [6.45, 7) is 4.39. The Morgan fingerprint density at radius 1 is 1.40 bits per heavy atom. The van der Waals surface area contributed by atoms with Crippen LogP contribution in [0.2, 0.25) is 0 Å². The van der Waals surface area contributed by atoms with Crippen LogP contribution in [0.3, 0.4) is 0 Å². The molecular formula is C13H18N6O. The molecule has 0 radical (unpaired) electrons. The van der Waals surface area contributed by atoms with E-state index in [0.717, 1.165) is 12.1 Å². The maximum absolute atomic E-state index is 11.9. The smallest absolute Gasteiger partial charge is 0.238 e. The largest absolute Gasteiger partial charge is 0.323 e. The Kier molecular flexibility index (Phi) is 4.78. The molecule has 0 fully saturated rings. The molecule has 0 saturated heterocycles. The molecule has 1 unspecified atom stereocenters. The van der Waals surface area contributed by atoms with Crippen LogP contribution in [-0.4, -0.2) is 38.7 Å². The van der Waals surface area contributed by atoms with Gasteiger partial charge < -0.3 is 10.6 Å². The number of para-hydroxylation sites is 2. The van der Waals surface area contributed by atoms with Crippen LogP contribution in [-0.2, 0) is 4.79 Å². The number of anilines is 1. The molecule has 7 heteroatoms. The van der Waals surface area contributed by atoms with E-state index in [-0.39, 0.29) is 12.5 Å². The molecule has 7 nitrogen and oxygen atoms in total. The molecule has 0 bridgehead atoms. The summed E-state index contributed by atoms with van der Waals surface area (Å²) >= 11 is 0. The van der Waals surface area contributed by atoms with Gasteiger partial charge in [-0.2, -0.15) is 4.68 Å². The number of tetrazole rings is 1. The topological polar surface area (TPSA) is 84.7 Å². The number of rotatable bonds is 6. The van der Waals surface area contributed by atoms with E-state index in [1.54, 1.807) is 0 Å². The lowest BCUT2D eigenvalue weighted by Gasteiger charge is -2.13. The Hall–Kier alpha value is -2.28. The molecule has 0 aliphatic heterocycles. The van der Waals surface area contributed by atoms with Gasteiger partial charge in [-0.15, -0.1) is 5.10 Å². The Labute approximate surface area is 117 Å². The summed E-state index contributed by atoms with van der Waals surface area (Å²) in [7, 11) is 0. The van der Waals surface area contributed by atoms with Crippen molar-refractivity contribution in [1.82, 2.24) is 25.5 Å². The third-order valence-corrected chi connectivity index (χ3v) is 3.00. The highest BCUT2D eigenvalue weighted by molar-refractivity contribution is 5.94. The summed E-state index contributed by atoms with van der Waals surface area (Å²) < 4.78 is 1.51. The Bertz CT molecular complexity index is 554. The van der Waals surface area contributed by atoms with Crippen molar-refractivity contribution in [1.29, 1.82) is 0 Å². The molecule has 106 valence electrons. The van der Waals surface area contributed by atoms with Gasteiger partial charge in [-0.1, -0.05) is 19.1 Å². The quantitative estimate of drug-likeness (QED) is 0.820. The van der Waals surface area contributed by atoms with Gasteiger partial charge in [0.2, 0.25) is 5.91 Å². The lowest BCUT2D eigenvalue weighted by molar-refractivity contribution is -0.115. The zero-order valence-electron chi connectivity index (χ0n) is 11.6. The van der Waals surface area contributed by atoms with Crippen LogP contribution in [0, 0.1) is 0 Å². The van der Waals surface area contributed by atoms with E-state index in [4.69, 9.17) is 0 Å². The Morgan fingerprint density at radius 2 is 2.20 bits per heavy atom. The third-order valence-electron chi connectivity index (χ3n) is 3.00. The highest BCUT2D eigenvalue weighted by atomic mass is 16.1. The van der Waals surface area contributed by atoms with E-state index in [2.05, 4.69) is 33.1 Å². The second kappa shape index (κ2) is 6.76. The molecule has 1 atom stereocenters. The van der Waals surface area contributed by atoms with Crippen LogP contribution >= 0.6 is 0 Å². The van der Waals surface area contributed by atoms with Crippen LogP contribution in [0.25, 0.3) is 5.69 Å². The maximum atomic E-state index is 11.9. The fourth-order valence-corrected chi connectivity index (χ4v) is 1.66. The minimum absolute atomic E-state index is 0.0918.